The maximum atomic E-state index is 12.2. The van der Waals surface area contributed by atoms with Gasteiger partial charge in [-0.1, -0.05) is 18.2 Å². The number of hydrogen-bond acceptors (Lipinski definition) is 6. The normalized spacial score (nSPS) is 10.1. The summed E-state index contributed by atoms with van der Waals surface area (Å²) in [7, 11) is 2.94. The van der Waals surface area contributed by atoms with E-state index < -0.39 is 5.97 Å². The van der Waals surface area contributed by atoms with Gasteiger partial charge in [0.2, 0.25) is 5.91 Å². The molecule has 0 unspecified atom stereocenters. The largest absolute Gasteiger partial charge is 0.497 e. The molecule has 3 aromatic rings. The predicted molar refractivity (Wildman–Crippen MR) is 111 cm³/mol. The van der Waals surface area contributed by atoms with Gasteiger partial charge in [-0.2, -0.15) is 0 Å². The van der Waals surface area contributed by atoms with Gasteiger partial charge in [-0.25, -0.2) is 9.78 Å². The summed E-state index contributed by atoms with van der Waals surface area (Å²) in [6, 6.07) is 17.8. The fraction of sp³-hybridized carbons (Fsp3) is 0.136. The SMILES string of the molecule is COC(=O)c1cccc(Nc2ccc(NC(=O)Cc3ccc(OC)cc3)nc2)c1. The Hall–Kier alpha value is -3.87. The number of ether oxygens (including phenoxy) is 2. The number of methoxy groups -OCH3 is 2. The zero-order valence-electron chi connectivity index (χ0n) is 16.1. The average molecular weight is 391 g/mol. The van der Waals surface area contributed by atoms with Crippen molar-refractivity contribution in [2.75, 3.05) is 24.9 Å². The highest BCUT2D eigenvalue weighted by Crippen LogP contribution is 2.19. The van der Waals surface area contributed by atoms with E-state index in [0.717, 1.165) is 22.7 Å². The number of carbonyl (C=O) groups excluding carboxylic acids is 2. The van der Waals surface area contributed by atoms with Gasteiger partial charge >= 0.3 is 5.97 Å². The van der Waals surface area contributed by atoms with Crippen LogP contribution >= 0.6 is 0 Å². The Morgan fingerprint density at radius 1 is 0.966 bits per heavy atom. The minimum absolute atomic E-state index is 0.158. The van der Waals surface area contributed by atoms with Gasteiger partial charge in [0.1, 0.15) is 11.6 Å². The topological polar surface area (TPSA) is 89.6 Å². The summed E-state index contributed by atoms with van der Waals surface area (Å²) in [4.78, 5) is 28.1. The summed E-state index contributed by atoms with van der Waals surface area (Å²) >= 11 is 0. The Morgan fingerprint density at radius 3 is 2.41 bits per heavy atom. The summed E-state index contributed by atoms with van der Waals surface area (Å²) < 4.78 is 9.83. The van der Waals surface area contributed by atoms with Crippen molar-refractivity contribution >= 4 is 29.1 Å². The number of nitrogens with one attached hydrogen (secondary N) is 2. The molecule has 0 aliphatic carbocycles. The minimum atomic E-state index is -0.401. The first-order valence-corrected chi connectivity index (χ1v) is 8.91. The molecule has 0 aliphatic rings. The van der Waals surface area contributed by atoms with Crippen LogP contribution in [0.5, 0.6) is 5.75 Å². The van der Waals surface area contributed by atoms with Crippen molar-refractivity contribution in [2.24, 2.45) is 0 Å². The molecule has 1 heterocycles. The highest BCUT2D eigenvalue weighted by molar-refractivity contribution is 5.92. The summed E-state index contributed by atoms with van der Waals surface area (Å²) in [6.45, 7) is 0. The Balaban J connectivity index is 1.58. The van der Waals surface area contributed by atoms with Gasteiger partial charge < -0.3 is 20.1 Å². The van der Waals surface area contributed by atoms with E-state index in [1.807, 2.05) is 30.3 Å². The quantitative estimate of drug-likeness (QED) is 0.596. The second-order valence-electron chi connectivity index (χ2n) is 6.20. The molecule has 0 bridgehead atoms. The van der Waals surface area contributed by atoms with Crippen LogP contribution in [0.2, 0.25) is 0 Å². The molecule has 1 aromatic heterocycles. The van der Waals surface area contributed by atoms with E-state index in [1.54, 1.807) is 43.6 Å². The van der Waals surface area contributed by atoms with Crippen LogP contribution in [0.25, 0.3) is 0 Å². The molecular weight excluding hydrogens is 370 g/mol. The number of pyridine rings is 1. The molecule has 2 N–H and O–H groups in total. The van der Waals surface area contributed by atoms with Crippen molar-refractivity contribution in [3.05, 3.63) is 78.0 Å². The van der Waals surface area contributed by atoms with Crippen LogP contribution in [0.3, 0.4) is 0 Å². The lowest BCUT2D eigenvalue weighted by molar-refractivity contribution is -0.115. The molecule has 0 fully saturated rings. The maximum Gasteiger partial charge on any atom is 0.337 e. The molecular formula is C22H21N3O4. The standard InChI is InChI=1S/C22H21N3O4/c1-28-19-9-6-15(7-10-19)12-21(26)25-20-11-8-18(14-23-20)24-17-5-3-4-16(13-17)22(27)29-2/h3-11,13-14,24H,12H2,1-2H3,(H,23,25,26). The van der Waals surface area contributed by atoms with E-state index in [1.165, 1.54) is 7.11 Å². The van der Waals surface area contributed by atoms with Crippen LogP contribution in [0.1, 0.15) is 15.9 Å². The van der Waals surface area contributed by atoms with Crippen molar-refractivity contribution in [3.8, 4) is 5.75 Å². The molecule has 0 radical (unpaired) electrons. The number of hydrogen-bond donors (Lipinski definition) is 2. The maximum absolute atomic E-state index is 12.2. The number of aromatic nitrogens is 1. The average Bonchev–Trinajstić information content (AvgIpc) is 2.75. The van der Waals surface area contributed by atoms with Gasteiger partial charge in [-0.3, -0.25) is 4.79 Å². The first-order valence-electron chi connectivity index (χ1n) is 8.91. The molecule has 7 heteroatoms. The molecule has 7 nitrogen and oxygen atoms in total. The van der Waals surface area contributed by atoms with Crippen LogP contribution in [0.15, 0.2) is 66.9 Å². The van der Waals surface area contributed by atoms with Gasteiger partial charge in [-0.15, -0.1) is 0 Å². The highest BCUT2D eigenvalue weighted by atomic mass is 16.5. The Bertz CT molecular complexity index is 986. The summed E-state index contributed by atoms with van der Waals surface area (Å²) in [5.41, 5.74) is 2.78. The summed E-state index contributed by atoms with van der Waals surface area (Å²) in [5.74, 6) is 0.643. The Morgan fingerprint density at radius 2 is 1.76 bits per heavy atom. The minimum Gasteiger partial charge on any atom is -0.497 e. The molecule has 0 spiro atoms. The number of esters is 1. The van der Waals surface area contributed by atoms with Gasteiger partial charge in [0.15, 0.2) is 0 Å². The van der Waals surface area contributed by atoms with Gasteiger partial charge in [0.05, 0.1) is 38.1 Å². The third-order valence-electron chi connectivity index (χ3n) is 4.13. The lowest BCUT2D eigenvalue weighted by atomic mass is 10.1. The molecule has 0 atom stereocenters. The molecule has 0 saturated heterocycles. The molecule has 0 aliphatic heterocycles. The second kappa shape index (κ2) is 9.36. The smallest absolute Gasteiger partial charge is 0.337 e. The first-order chi connectivity index (χ1) is 14.1. The van der Waals surface area contributed by atoms with E-state index in [2.05, 4.69) is 15.6 Å². The number of anilines is 3. The number of nitrogens with zero attached hydrogens (tertiary/aromatic N) is 1. The van der Waals surface area contributed by atoms with Crippen LogP contribution < -0.4 is 15.4 Å². The summed E-state index contributed by atoms with van der Waals surface area (Å²) in [6.07, 6.45) is 1.85. The molecule has 2 aromatic carbocycles. The van der Waals surface area contributed by atoms with Crippen molar-refractivity contribution in [3.63, 3.8) is 0 Å². The molecule has 3 rings (SSSR count). The van der Waals surface area contributed by atoms with E-state index in [0.29, 0.717) is 11.4 Å². The van der Waals surface area contributed by atoms with Gasteiger partial charge in [0.25, 0.3) is 0 Å². The third kappa shape index (κ3) is 5.55. The number of rotatable bonds is 7. The Labute approximate surface area is 168 Å². The van der Waals surface area contributed by atoms with Crippen molar-refractivity contribution < 1.29 is 19.1 Å². The summed E-state index contributed by atoms with van der Waals surface area (Å²) in [5, 5.41) is 5.93. The first kappa shape index (κ1) is 19.9. The van der Waals surface area contributed by atoms with Crippen molar-refractivity contribution in [1.82, 2.24) is 4.98 Å². The fourth-order valence-electron chi connectivity index (χ4n) is 2.67. The molecule has 0 saturated carbocycles. The van der Waals surface area contributed by atoms with Crippen LogP contribution in [0, 0.1) is 0 Å². The number of benzene rings is 2. The highest BCUT2D eigenvalue weighted by Gasteiger charge is 2.07. The van der Waals surface area contributed by atoms with E-state index in [9.17, 15) is 9.59 Å². The zero-order chi connectivity index (χ0) is 20.6. The van der Waals surface area contributed by atoms with Crippen LogP contribution in [-0.4, -0.2) is 31.1 Å². The van der Waals surface area contributed by atoms with E-state index in [-0.39, 0.29) is 12.3 Å². The fourth-order valence-corrected chi connectivity index (χ4v) is 2.67. The predicted octanol–water partition coefficient (Wildman–Crippen LogP) is 3.80. The van der Waals surface area contributed by atoms with Crippen molar-refractivity contribution in [2.45, 2.75) is 6.42 Å². The van der Waals surface area contributed by atoms with E-state index >= 15 is 0 Å². The Kier molecular flexibility index (Phi) is 6.42. The molecule has 1 amide bonds. The zero-order valence-corrected chi connectivity index (χ0v) is 16.1. The molecule has 29 heavy (non-hydrogen) atoms. The number of amides is 1. The lowest BCUT2D eigenvalue weighted by Gasteiger charge is -2.09. The van der Waals surface area contributed by atoms with Crippen molar-refractivity contribution in [1.29, 1.82) is 0 Å². The second-order valence-corrected chi connectivity index (χ2v) is 6.20. The van der Waals surface area contributed by atoms with Crippen LogP contribution in [0.4, 0.5) is 17.2 Å². The monoisotopic (exact) mass is 391 g/mol. The van der Waals surface area contributed by atoms with Gasteiger partial charge in [-0.05, 0) is 48.0 Å². The number of carbonyl (C=O) groups is 2. The third-order valence-corrected chi connectivity index (χ3v) is 4.13. The van der Waals surface area contributed by atoms with Crippen LogP contribution in [-0.2, 0) is 16.0 Å². The van der Waals surface area contributed by atoms with Gasteiger partial charge in [0, 0.05) is 5.69 Å². The van der Waals surface area contributed by atoms with E-state index in [4.69, 9.17) is 9.47 Å². The lowest BCUT2D eigenvalue weighted by Crippen LogP contribution is -2.15. The molecule has 148 valence electrons.